The highest BCUT2D eigenvalue weighted by Gasteiger charge is 2.29. The van der Waals surface area contributed by atoms with Crippen molar-refractivity contribution >= 4 is 0 Å². The number of aliphatic hydroxyl groups is 1. The van der Waals surface area contributed by atoms with E-state index in [-0.39, 0.29) is 0 Å². The van der Waals surface area contributed by atoms with Crippen molar-refractivity contribution in [2.45, 2.75) is 24.9 Å². The summed E-state index contributed by atoms with van der Waals surface area (Å²) in [4.78, 5) is 0. The molecule has 0 saturated carbocycles. The first-order chi connectivity index (χ1) is 8.25. The van der Waals surface area contributed by atoms with Crippen LogP contribution in [0.3, 0.4) is 0 Å². The maximum atomic E-state index is 10.5. The van der Waals surface area contributed by atoms with E-state index in [2.05, 4.69) is 5.32 Å². The Hall–Kier alpha value is -1.26. The van der Waals surface area contributed by atoms with Gasteiger partial charge in [0.25, 0.3) is 0 Å². The van der Waals surface area contributed by atoms with Gasteiger partial charge in [0.1, 0.15) is 0 Å². The molecule has 0 atom stereocenters. The van der Waals surface area contributed by atoms with E-state index >= 15 is 0 Å². The molecule has 0 bridgehead atoms. The van der Waals surface area contributed by atoms with E-state index in [1.165, 1.54) is 0 Å². The number of rotatable bonds is 2. The van der Waals surface area contributed by atoms with E-state index in [0.717, 1.165) is 43.0 Å². The number of benzene rings is 1. The number of hydrogen-bond acceptors (Lipinski definition) is 4. The Balaban J connectivity index is 1.76. The maximum Gasteiger partial charge on any atom is 0.231 e. The first-order valence-electron chi connectivity index (χ1n) is 6.07. The van der Waals surface area contributed by atoms with Crippen LogP contribution in [0.25, 0.3) is 0 Å². The Morgan fingerprint density at radius 1 is 1.18 bits per heavy atom. The molecule has 92 valence electrons. The third kappa shape index (κ3) is 2.23. The highest BCUT2D eigenvalue weighted by atomic mass is 16.7. The van der Waals surface area contributed by atoms with Crippen LogP contribution in [0.4, 0.5) is 0 Å². The van der Waals surface area contributed by atoms with Crippen molar-refractivity contribution in [1.82, 2.24) is 5.32 Å². The van der Waals surface area contributed by atoms with Crippen LogP contribution in [0.2, 0.25) is 0 Å². The summed E-state index contributed by atoms with van der Waals surface area (Å²) >= 11 is 0. The molecule has 0 aliphatic carbocycles. The molecular formula is C13H17NO3. The van der Waals surface area contributed by atoms with Crippen molar-refractivity contribution in [1.29, 1.82) is 0 Å². The predicted octanol–water partition coefficient (Wildman–Crippen LogP) is 1.07. The summed E-state index contributed by atoms with van der Waals surface area (Å²) < 4.78 is 10.6. The van der Waals surface area contributed by atoms with E-state index in [4.69, 9.17) is 9.47 Å². The minimum atomic E-state index is -0.570. The summed E-state index contributed by atoms with van der Waals surface area (Å²) in [5.41, 5.74) is 0.539. The van der Waals surface area contributed by atoms with Crippen LogP contribution in [0, 0.1) is 0 Å². The minimum Gasteiger partial charge on any atom is -0.454 e. The standard InChI is InChI=1S/C13H17NO3/c15-13(3-5-14-6-4-13)8-10-1-2-11-12(7-10)17-9-16-11/h1-2,7,14-15H,3-6,8-9H2. The summed E-state index contributed by atoms with van der Waals surface area (Å²) in [6.45, 7) is 2.08. The van der Waals surface area contributed by atoms with Crippen LogP contribution in [0.1, 0.15) is 18.4 Å². The number of hydrogen-bond donors (Lipinski definition) is 2. The second-order valence-corrected chi connectivity index (χ2v) is 4.84. The van der Waals surface area contributed by atoms with Gasteiger partial charge in [-0.25, -0.2) is 0 Å². The molecule has 0 radical (unpaired) electrons. The first kappa shape index (κ1) is 10.9. The number of ether oxygens (including phenoxy) is 2. The quantitative estimate of drug-likeness (QED) is 0.805. The minimum absolute atomic E-state index is 0.299. The van der Waals surface area contributed by atoms with Gasteiger partial charge < -0.3 is 19.9 Å². The molecule has 0 unspecified atom stereocenters. The van der Waals surface area contributed by atoms with Crippen LogP contribution in [0.15, 0.2) is 18.2 Å². The molecular weight excluding hydrogens is 218 g/mol. The Morgan fingerprint density at radius 2 is 1.94 bits per heavy atom. The molecule has 4 nitrogen and oxygen atoms in total. The zero-order valence-corrected chi connectivity index (χ0v) is 9.74. The Morgan fingerprint density at radius 3 is 2.76 bits per heavy atom. The summed E-state index contributed by atoms with van der Waals surface area (Å²) in [7, 11) is 0. The average molecular weight is 235 g/mol. The van der Waals surface area contributed by atoms with Crippen molar-refractivity contribution in [3.8, 4) is 11.5 Å². The topological polar surface area (TPSA) is 50.7 Å². The average Bonchev–Trinajstić information content (AvgIpc) is 2.76. The lowest BCUT2D eigenvalue weighted by Gasteiger charge is -2.32. The summed E-state index contributed by atoms with van der Waals surface area (Å²) in [6.07, 6.45) is 2.30. The van der Waals surface area contributed by atoms with Crippen LogP contribution < -0.4 is 14.8 Å². The van der Waals surface area contributed by atoms with Gasteiger partial charge in [-0.15, -0.1) is 0 Å². The van der Waals surface area contributed by atoms with Crippen molar-refractivity contribution in [3.63, 3.8) is 0 Å². The Bertz CT molecular complexity index is 413. The van der Waals surface area contributed by atoms with Crippen LogP contribution >= 0.6 is 0 Å². The van der Waals surface area contributed by atoms with Crippen LogP contribution in [-0.2, 0) is 6.42 Å². The molecule has 4 heteroatoms. The fourth-order valence-corrected chi connectivity index (χ4v) is 2.50. The van der Waals surface area contributed by atoms with E-state index in [0.29, 0.717) is 13.2 Å². The van der Waals surface area contributed by atoms with Gasteiger partial charge in [-0.2, -0.15) is 0 Å². The molecule has 1 aromatic carbocycles. The zero-order chi connectivity index (χ0) is 11.7. The van der Waals surface area contributed by atoms with Crippen molar-refractivity contribution < 1.29 is 14.6 Å². The predicted molar refractivity (Wildman–Crippen MR) is 63.3 cm³/mol. The van der Waals surface area contributed by atoms with Crippen molar-refractivity contribution in [2.75, 3.05) is 19.9 Å². The third-order valence-electron chi connectivity index (χ3n) is 3.50. The normalized spacial score (nSPS) is 21.5. The molecule has 2 aliphatic rings. The Kier molecular flexibility index (Phi) is 2.68. The molecule has 0 aromatic heterocycles. The summed E-state index contributed by atoms with van der Waals surface area (Å²) in [5, 5.41) is 13.7. The first-order valence-corrected chi connectivity index (χ1v) is 6.07. The monoisotopic (exact) mass is 235 g/mol. The van der Waals surface area contributed by atoms with Gasteiger partial charge in [0.2, 0.25) is 6.79 Å². The molecule has 3 rings (SSSR count). The highest BCUT2D eigenvalue weighted by Crippen LogP contribution is 2.34. The molecule has 2 N–H and O–H groups in total. The molecule has 0 spiro atoms. The lowest BCUT2D eigenvalue weighted by atomic mass is 9.86. The van der Waals surface area contributed by atoms with E-state index in [1.807, 2.05) is 18.2 Å². The Labute approximate surface area is 101 Å². The molecule has 17 heavy (non-hydrogen) atoms. The summed E-state index contributed by atoms with van der Waals surface area (Å²) in [6, 6.07) is 5.90. The third-order valence-corrected chi connectivity index (χ3v) is 3.50. The number of piperidine rings is 1. The lowest BCUT2D eigenvalue weighted by molar-refractivity contribution is 0.0108. The molecule has 2 heterocycles. The number of nitrogens with one attached hydrogen (secondary N) is 1. The van der Waals surface area contributed by atoms with Crippen LogP contribution in [0.5, 0.6) is 11.5 Å². The van der Waals surface area contributed by atoms with E-state index in [1.54, 1.807) is 0 Å². The van der Waals surface area contributed by atoms with Gasteiger partial charge in [-0.1, -0.05) is 6.07 Å². The summed E-state index contributed by atoms with van der Waals surface area (Å²) in [5.74, 6) is 1.59. The van der Waals surface area contributed by atoms with Crippen LogP contribution in [-0.4, -0.2) is 30.6 Å². The fraction of sp³-hybridized carbons (Fsp3) is 0.538. The second-order valence-electron chi connectivity index (χ2n) is 4.84. The van der Waals surface area contributed by atoms with Gasteiger partial charge in [-0.3, -0.25) is 0 Å². The zero-order valence-electron chi connectivity index (χ0n) is 9.74. The lowest BCUT2D eigenvalue weighted by Crippen LogP contribution is -2.43. The van der Waals surface area contributed by atoms with Crippen molar-refractivity contribution in [2.24, 2.45) is 0 Å². The SMILES string of the molecule is OC1(Cc2ccc3c(c2)OCO3)CCNCC1. The second kappa shape index (κ2) is 4.20. The van der Waals surface area contributed by atoms with Gasteiger partial charge >= 0.3 is 0 Å². The largest absolute Gasteiger partial charge is 0.454 e. The maximum absolute atomic E-state index is 10.5. The molecule has 0 amide bonds. The van der Waals surface area contributed by atoms with Crippen molar-refractivity contribution in [3.05, 3.63) is 23.8 Å². The molecule has 1 aromatic rings. The van der Waals surface area contributed by atoms with E-state index in [9.17, 15) is 5.11 Å². The van der Waals surface area contributed by atoms with Gasteiger partial charge in [0, 0.05) is 6.42 Å². The van der Waals surface area contributed by atoms with Gasteiger partial charge in [0.15, 0.2) is 11.5 Å². The highest BCUT2D eigenvalue weighted by molar-refractivity contribution is 5.44. The van der Waals surface area contributed by atoms with Gasteiger partial charge in [0.05, 0.1) is 5.60 Å². The van der Waals surface area contributed by atoms with E-state index < -0.39 is 5.60 Å². The smallest absolute Gasteiger partial charge is 0.231 e. The number of fused-ring (bicyclic) bond motifs is 1. The fourth-order valence-electron chi connectivity index (χ4n) is 2.50. The molecule has 1 fully saturated rings. The molecule has 2 aliphatic heterocycles. The van der Waals surface area contributed by atoms with Gasteiger partial charge in [-0.05, 0) is 43.6 Å². The molecule has 1 saturated heterocycles.